The number of anilines is 2. The third-order valence-electron chi connectivity index (χ3n) is 5.96. The SMILES string of the molecule is COc1ccc(-c2csc3ncnc(Nc4ccc5c(c4)C(=O)c4ccccc4C5=O)c23)cc1. The van der Waals surface area contributed by atoms with Gasteiger partial charge in [-0.1, -0.05) is 36.4 Å². The summed E-state index contributed by atoms with van der Waals surface area (Å²) in [4.78, 5) is 35.8. The molecule has 2 heterocycles. The summed E-state index contributed by atoms with van der Waals surface area (Å²) in [5, 5.41) is 6.29. The molecule has 2 aromatic heterocycles. The molecule has 0 fully saturated rings. The molecule has 34 heavy (non-hydrogen) atoms. The van der Waals surface area contributed by atoms with Crippen LogP contribution < -0.4 is 10.1 Å². The van der Waals surface area contributed by atoms with E-state index in [0.29, 0.717) is 33.8 Å². The lowest BCUT2D eigenvalue weighted by molar-refractivity contribution is 0.0979. The van der Waals surface area contributed by atoms with Crippen molar-refractivity contribution >= 4 is 44.6 Å². The highest BCUT2D eigenvalue weighted by Crippen LogP contribution is 2.38. The molecule has 0 saturated heterocycles. The van der Waals surface area contributed by atoms with Crippen LogP contribution >= 0.6 is 11.3 Å². The third kappa shape index (κ3) is 3.17. The number of nitrogens with one attached hydrogen (secondary N) is 1. The number of fused-ring (bicyclic) bond motifs is 3. The Balaban J connectivity index is 1.41. The van der Waals surface area contributed by atoms with Crippen LogP contribution in [0.15, 0.2) is 78.4 Å². The predicted octanol–water partition coefficient (Wildman–Crippen LogP) is 5.89. The Bertz CT molecular complexity index is 1610. The van der Waals surface area contributed by atoms with Gasteiger partial charge in [-0.3, -0.25) is 9.59 Å². The van der Waals surface area contributed by atoms with Gasteiger partial charge in [0.1, 0.15) is 22.7 Å². The molecule has 1 aliphatic rings. The monoisotopic (exact) mass is 463 g/mol. The zero-order chi connectivity index (χ0) is 23.2. The Morgan fingerprint density at radius 1 is 0.794 bits per heavy atom. The number of hydrogen-bond donors (Lipinski definition) is 1. The molecule has 7 heteroatoms. The van der Waals surface area contributed by atoms with Crippen molar-refractivity contribution in [1.29, 1.82) is 0 Å². The maximum Gasteiger partial charge on any atom is 0.194 e. The van der Waals surface area contributed by atoms with Crippen LogP contribution in [-0.4, -0.2) is 28.6 Å². The lowest BCUT2D eigenvalue weighted by atomic mass is 9.84. The molecule has 0 saturated carbocycles. The molecule has 0 spiro atoms. The molecule has 3 aromatic carbocycles. The van der Waals surface area contributed by atoms with Crippen molar-refractivity contribution in [1.82, 2.24) is 9.97 Å². The summed E-state index contributed by atoms with van der Waals surface area (Å²) in [5.74, 6) is 1.12. The molecule has 1 aliphatic carbocycles. The van der Waals surface area contributed by atoms with Crippen molar-refractivity contribution in [3.8, 4) is 16.9 Å². The van der Waals surface area contributed by atoms with Crippen molar-refractivity contribution < 1.29 is 14.3 Å². The molecule has 6 rings (SSSR count). The minimum atomic E-state index is -0.156. The number of nitrogens with zero attached hydrogens (tertiary/aromatic N) is 2. The lowest BCUT2D eigenvalue weighted by Crippen LogP contribution is -2.20. The van der Waals surface area contributed by atoms with Crippen LogP contribution in [0.25, 0.3) is 21.3 Å². The maximum atomic E-state index is 13.1. The molecule has 1 N–H and O–H groups in total. The first-order valence-electron chi connectivity index (χ1n) is 10.6. The molecule has 0 amide bonds. The second kappa shape index (κ2) is 7.90. The first-order valence-corrected chi connectivity index (χ1v) is 11.5. The minimum absolute atomic E-state index is 0.138. The fourth-order valence-electron chi connectivity index (χ4n) is 4.27. The summed E-state index contributed by atoms with van der Waals surface area (Å²) in [6.07, 6.45) is 1.52. The smallest absolute Gasteiger partial charge is 0.194 e. The second-order valence-corrected chi connectivity index (χ2v) is 8.73. The van der Waals surface area contributed by atoms with Crippen LogP contribution in [0.3, 0.4) is 0 Å². The van der Waals surface area contributed by atoms with E-state index in [9.17, 15) is 9.59 Å². The van der Waals surface area contributed by atoms with Crippen LogP contribution in [0.5, 0.6) is 5.75 Å². The summed E-state index contributed by atoms with van der Waals surface area (Å²) in [6, 6.07) is 20.0. The number of carbonyl (C=O) groups excluding carboxylic acids is 2. The van der Waals surface area contributed by atoms with Gasteiger partial charge in [0.2, 0.25) is 0 Å². The fraction of sp³-hybridized carbons (Fsp3) is 0.0370. The Morgan fingerprint density at radius 3 is 2.24 bits per heavy atom. The van der Waals surface area contributed by atoms with Crippen molar-refractivity contribution in [3.05, 3.63) is 101 Å². The van der Waals surface area contributed by atoms with Gasteiger partial charge in [0.25, 0.3) is 0 Å². The zero-order valence-corrected chi connectivity index (χ0v) is 18.8. The number of rotatable bonds is 4. The third-order valence-corrected chi connectivity index (χ3v) is 6.85. The van der Waals surface area contributed by atoms with Gasteiger partial charge < -0.3 is 10.1 Å². The highest BCUT2D eigenvalue weighted by Gasteiger charge is 2.29. The molecule has 0 unspecified atom stereocenters. The molecule has 0 atom stereocenters. The number of aromatic nitrogens is 2. The standard InChI is InChI=1S/C27H17N3O3S/c1-33-17-9-6-15(7-10-17)22-13-34-27-23(22)26(28-14-29-27)30-16-8-11-20-21(12-16)25(32)19-5-3-2-4-18(19)24(20)31/h2-14H,1H3,(H,28,29,30). The van der Waals surface area contributed by atoms with Crippen molar-refractivity contribution in [2.45, 2.75) is 0 Å². The van der Waals surface area contributed by atoms with E-state index >= 15 is 0 Å². The molecule has 6 nitrogen and oxygen atoms in total. The van der Waals surface area contributed by atoms with Gasteiger partial charge in [0.05, 0.1) is 12.5 Å². The van der Waals surface area contributed by atoms with Gasteiger partial charge in [-0.05, 0) is 35.9 Å². The number of benzene rings is 3. The molecule has 0 bridgehead atoms. The zero-order valence-electron chi connectivity index (χ0n) is 18.0. The van der Waals surface area contributed by atoms with Crippen LogP contribution in [0.1, 0.15) is 31.8 Å². The van der Waals surface area contributed by atoms with Crippen molar-refractivity contribution in [2.24, 2.45) is 0 Å². The Kier molecular flexibility index (Phi) is 4.71. The predicted molar refractivity (Wildman–Crippen MR) is 132 cm³/mol. The van der Waals surface area contributed by atoms with Crippen LogP contribution in [0, 0.1) is 0 Å². The summed E-state index contributed by atoms with van der Waals surface area (Å²) in [6.45, 7) is 0. The van der Waals surface area contributed by atoms with Gasteiger partial charge in [-0.25, -0.2) is 9.97 Å². The molecular formula is C27H17N3O3S. The summed E-state index contributed by atoms with van der Waals surface area (Å²) < 4.78 is 5.27. The number of methoxy groups -OCH3 is 1. The van der Waals surface area contributed by atoms with E-state index in [4.69, 9.17) is 4.74 Å². The number of carbonyl (C=O) groups is 2. The highest BCUT2D eigenvalue weighted by atomic mass is 32.1. The molecule has 0 radical (unpaired) electrons. The quantitative estimate of drug-likeness (QED) is 0.351. The molecular weight excluding hydrogens is 446 g/mol. The van der Waals surface area contributed by atoms with Crippen LogP contribution in [0.2, 0.25) is 0 Å². The van der Waals surface area contributed by atoms with Crippen LogP contribution in [-0.2, 0) is 0 Å². The average Bonchev–Trinajstić information content (AvgIpc) is 3.33. The van der Waals surface area contributed by atoms with Gasteiger partial charge in [0.15, 0.2) is 11.6 Å². The second-order valence-electron chi connectivity index (χ2n) is 7.87. The van der Waals surface area contributed by atoms with E-state index in [1.165, 1.54) is 17.7 Å². The molecule has 164 valence electrons. The number of thiophene rings is 1. The largest absolute Gasteiger partial charge is 0.497 e. The average molecular weight is 464 g/mol. The summed E-state index contributed by atoms with van der Waals surface area (Å²) in [7, 11) is 1.64. The summed E-state index contributed by atoms with van der Waals surface area (Å²) in [5.41, 5.74) is 4.38. The molecule has 0 aliphatic heterocycles. The highest BCUT2D eigenvalue weighted by molar-refractivity contribution is 7.17. The Morgan fingerprint density at radius 2 is 1.50 bits per heavy atom. The van der Waals surface area contributed by atoms with Crippen molar-refractivity contribution in [3.63, 3.8) is 0 Å². The fourth-order valence-corrected chi connectivity index (χ4v) is 5.18. The van der Waals surface area contributed by atoms with E-state index < -0.39 is 0 Å². The topological polar surface area (TPSA) is 81.2 Å². The first kappa shape index (κ1) is 20.3. The number of hydrogen-bond acceptors (Lipinski definition) is 7. The van der Waals surface area contributed by atoms with Gasteiger partial charge in [-0.15, -0.1) is 11.3 Å². The normalized spacial score (nSPS) is 12.4. The number of ether oxygens (including phenoxy) is 1. The molecule has 5 aromatic rings. The maximum absolute atomic E-state index is 13.1. The van der Waals surface area contributed by atoms with Crippen molar-refractivity contribution in [2.75, 3.05) is 12.4 Å². The van der Waals surface area contributed by atoms with Gasteiger partial charge in [-0.2, -0.15) is 0 Å². The van der Waals surface area contributed by atoms with E-state index in [-0.39, 0.29) is 11.6 Å². The van der Waals surface area contributed by atoms with Gasteiger partial charge >= 0.3 is 0 Å². The van der Waals surface area contributed by atoms with E-state index in [1.807, 2.05) is 24.3 Å². The van der Waals surface area contributed by atoms with Gasteiger partial charge in [0, 0.05) is 38.9 Å². The lowest BCUT2D eigenvalue weighted by Gasteiger charge is -2.18. The number of ketones is 2. The Hall–Kier alpha value is -4.36. The minimum Gasteiger partial charge on any atom is -0.497 e. The van der Waals surface area contributed by atoms with E-state index in [0.717, 1.165) is 27.1 Å². The summed E-state index contributed by atoms with van der Waals surface area (Å²) >= 11 is 1.54. The van der Waals surface area contributed by atoms with Crippen LogP contribution in [0.4, 0.5) is 11.5 Å². The first-order chi connectivity index (χ1) is 16.6. The Labute approximate surface area is 198 Å². The van der Waals surface area contributed by atoms with E-state index in [2.05, 4.69) is 20.7 Å². The van der Waals surface area contributed by atoms with E-state index in [1.54, 1.807) is 49.6 Å².